The molecule has 1 rings (SSSR count). The molecule has 5 nitrogen and oxygen atoms in total. The molecule has 1 unspecified atom stereocenters. The molecule has 0 bridgehead atoms. The summed E-state index contributed by atoms with van der Waals surface area (Å²) < 4.78 is 0. The van der Waals surface area contributed by atoms with Crippen LogP contribution in [0.25, 0.3) is 0 Å². The molecule has 0 aromatic carbocycles. The average Bonchev–Trinajstić information content (AvgIpc) is 2.53. The average molecular weight is 256 g/mol. The van der Waals surface area contributed by atoms with Crippen molar-refractivity contribution in [1.29, 1.82) is 0 Å². The van der Waals surface area contributed by atoms with E-state index in [0.717, 1.165) is 5.01 Å². The molecule has 1 amide bonds. The fourth-order valence-corrected chi connectivity index (χ4v) is 2.29. The zero-order chi connectivity index (χ0) is 13.2. The molecule has 0 saturated heterocycles. The van der Waals surface area contributed by atoms with E-state index in [2.05, 4.69) is 10.3 Å². The second-order valence-corrected chi connectivity index (χ2v) is 5.38. The van der Waals surface area contributed by atoms with Gasteiger partial charge in [0.25, 0.3) is 5.91 Å². The molecule has 0 aliphatic heterocycles. The Labute approximate surface area is 104 Å². The summed E-state index contributed by atoms with van der Waals surface area (Å²) in [5.74, 6) is -1.55. The molecular formula is C11H16N2O3S. The molecule has 0 radical (unpaired) electrons. The maximum atomic E-state index is 11.9. The highest BCUT2D eigenvalue weighted by Gasteiger charge is 2.25. The van der Waals surface area contributed by atoms with Gasteiger partial charge in [-0.15, -0.1) is 11.3 Å². The van der Waals surface area contributed by atoms with E-state index in [0.29, 0.717) is 10.6 Å². The Kier molecular flexibility index (Phi) is 4.22. The van der Waals surface area contributed by atoms with E-state index in [1.807, 2.05) is 6.92 Å². The van der Waals surface area contributed by atoms with Crippen molar-refractivity contribution in [3.05, 3.63) is 15.6 Å². The Morgan fingerprint density at radius 2 is 1.94 bits per heavy atom. The van der Waals surface area contributed by atoms with Crippen molar-refractivity contribution in [2.45, 2.75) is 33.7 Å². The third-order valence-corrected chi connectivity index (χ3v) is 3.40. The monoisotopic (exact) mass is 256 g/mol. The lowest BCUT2D eigenvalue weighted by molar-refractivity contribution is -0.140. The van der Waals surface area contributed by atoms with E-state index >= 15 is 0 Å². The van der Waals surface area contributed by atoms with Gasteiger partial charge in [-0.05, 0) is 19.8 Å². The van der Waals surface area contributed by atoms with Gasteiger partial charge in [0.15, 0.2) is 0 Å². The number of carbonyl (C=O) groups is 2. The number of carboxylic acid groups (broad SMARTS) is 1. The van der Waals surface area contributed by atoms with Gasteiger partial charge in [0.1, 0.15) is 10.9 Å². The van der Waals surface area contributed by atoms with Crippen LogP contribution in [0.15, 0.2) is 0 Å². The van der Waals surface area contributed by atoms with Gasteiger partial charge in [0.2, 0.25) is 0 Å². The lowest BCUT2D eigenvalue weighted by Crippen LogP contribution is -2.44. The molecule has 0 spiro atoms. The first kappa shape index (κ1) is 13.6. The number of hydrogen-bond donors (Lipinski definition) is 2. The number of aliphatic carboxylic acids is 1. The molecule has 1 aromatic rings. The van der Waals surface area contributed by atoms with Crippen molar-refractivity contribution in [2.75, 3.05) is 0 Å². The largest absolute Gasteiger partial charge is 0.480 e. The number of amides is 1. The van der Waals surface area contributed by atoms with Crippen molar-refractivity contribution in [2.24, 2.45) is 5.92 Å². The molecule has 1 aromatic heterocycles. The topological polar surface area (TPSA) is 79.3 Å². The van der Waals surface area contributed by atoms with Crippen LogP contribution in [0.2, 0.25) is 0 Å². The molecule has 0 aliphatic rings. The zero-order valence-corrected chi connectivity index (χ0v) is 11.1. The van der Waals surface area contributed by atoms with E-state index in [1.54, 1.807) is 20.8 Å². The highest BCUT2D eigenvalue weighted by Crippen LogP contribution is 2.17. The van der Waals surface area contributed by atoms with Gasteiger partial charge < -0.3 is 10.4 Å². The number of nitrogens with one attached hydrogen (secondary N) is 1. The first-order valence-corrected chi connectivity index (χ1v) is 6.12. The quantitative estimate of drug-likeness (QED) is 0.857. The summed E-state index contributed by atoms with van der Waals surface area (Å²) in [6.07, 6.45) is 0. The molecule has 6 heteroatoms. The molecule has 1 heterocycles. The van der Waals surface area contributed by atoms with Crippen molar-refractivity contribution < 1.29 is 14.7 Å². The summed E-state index contributed by atoms with van der Waals surface area (Å²) in [7, 11) is 0. The number of aryl methyl sites for hydroxylation is 2. The Morgan fingerprint density at radius 1 is 1.35 bits per heavy atom. The first-order valence-electron chi connectivity index (χ1n) is 5.30. The number of aromatic nitrogens is 1. The second kappa shape index (κ2) is 5.27. The Balaban J connectivity index is 2.85. The van der Waals surface area contributed by atoms with Crippen molar-refractivity contribution in [3.63, 3.8) is 0 Å². The predicted molar refractivity (Wildman–Crippen MR) is 65.3 cm³/mol. The number of nitrogens with zero attached hydrogens (tertiary/aromatic N) is 1. The summed E-state index contributed by atoms with van der Waals surface area (Å²) in [5, 5.41) is 12.3. The maximum Gasteiger partial charge on any atom is 0.326 e. The van der Waals surface area contributed by atoms with Crippen LogP contribution in [-0.4, -0.2) is 28.0 Å². The predicted octanol–water partition coefficient (Wildman–Crippen LogP) is 1.60. The minimum absolute atomic E-state index is 0.161. The molecule has 0 fully saturated rings. The smallest absolute Gasteiger partial charge is 0.326 e. The standard InChI is InChI=1S/C11H16N2O3S/c1-5(2)8(11(15)16)13-10(14)9-6(3)12-7(4)17-9/h5,8H,1-4H3,(H,13,14)(H,15,16). The number of carboxylic acids is 1. The van der Waals surface area contributed by atoms with Crippen LogP contribution in [0.5, 0.6) is 0 Å². The third-order valence-electron chi connectivity index (χ3n) is 2.33. The Hall–Kier alpha value is -1.43. The van der Waals surface area contributed by atoms with Crippen LogP contribution in [0.1, 0.15) is 34.2 Å². The van der Waals surface area contributed by atoms with Crippen molar-refractivity contribution >= 4 is 23.2 Å². The first-order chi connectivity index (χ1) is 7.82. The summed E-state index contributed by atoms with van der Waals surface area (Å²) in [6, 6.07) is -0.871. The van der Waals surface area contributed by atoms with Crippen LogP contribution < -0.4 is 5.32 Å². The molecule has 1 atom stereocenters. The highest BCUT2D eigenvalue weighted by molar-refractivity contribution is 7.13. The number of rotatable bonds is 4. The minimum Gasteiger partial charge on any atom is -0.480 e. The lowest BCUT2D eigenvalue weighted by Gasteiger charge is -2.17. The van der Waals surface area contributed by atoms with Crippen molar-refractivity contribution in [1.82, 2.24) is 10.3 Å². The van der Waals surface area contributed by atoms with Crippen LogP contribution in [0.3, 0.4) is 0 Å². The van der Waals surface area contributed by atoms with E-state index in [9.17, 15) is 9.59 Å². The van der Waals surface area contributed by atoms with E-state index in [1.165, 1.54) is 11.3 Å². The van der Waals surface area contributed by atoms with Gasteiger partial charge in [-0.2, -0.15) is 0 Å². The fraction of sp³-hybridized carbons (Fsp3) is 0.545. The van der Waals surface area contributed by atoms with Gasteiger partial charge in [-0.3, -0.25) is 4.79 Å². The zero-order valence-electron chi connectivity index (χ0n) is 10.3. The summed E-state index contributed by atoms with van der Waals surface area (Å²) in [6.45, 7) is 7.06. The minimum atomic E-state index is -1.02. The van der Waals surface area contributed by atoms with Crippen molar-refractivity contribution in [3.8, 4) is 0 Å². The molecule has 0 aliphatic carbocycles. The van der Waals surface area contributed by atoms with Crippen LogP contribution in [0, 0.1) is 19.8 Å². The van der Waals surface area contributed by atoms with Gasteiger partial charge in [-0.25, -0.2) is 9.78 Å². The summed E-state index contributed by atoms with van der Waals surface area (Å²) in [4.78, 5) is 27.5. The fourth-order valence-electron chi connectivity index (χ4n) is 1.46. The lowest BCUT2D eigenvalue weighted by atomic mass is 10.0. The normalized spacial score (nSPS) is 12.5. The van der Waals surface area contributed by atoms with Gasteiger partial charge in [0.05, 0.1) is 10.7 Å². The van der Waals surface area contributed by atoms with E-state index in [4.69, 9.17) is 5.11 Å². The SMILES string of the molecule is Cc1nc(C)c(C(=O)NC(C(=O)O)C(C)C)s1. The molecular weight excluding hydrogens is 240 g/mol. The van der Waals surface area contributed by atoms with Crippen LogP contribution >= 0.6 is 11.3 Å². The van der Waals surface area contributed by atoms with E-state index < -0.39 is 12.0 Å². The van der Waals surface area contributed by atoms with Gasteiger partial charge in [0, 0.05) is 0 Å². The number of thiazole rings is 1. The Morgan fingerprint density at radius 3 is 2.29 bits per heavy atom. The Bertz CT molecular complexity index is 440. The molecule has 0 saturated carbocycles. The second-order valence-electron chi connectivity index (χ2n) is 4.18. The highest BCUT2D eigenvalue weighted by atomic mass is 32.1. The van der Waals surface area contributed by atoms with Crippen LogP contribution in [-0.2, 0) is 4.79 Å². The van der Waals surface area contributed by atoms with Gasteiger partial charge >= 0.3 is 5.97 Å². The van der Waals surface area contributed by atoms with E-state index in [-0.39, 0.29) is 11.8 Å². The molecule has 2 N–H and O–H groups in total. The number of hydrogen-bond acceptors (Lipinski definition) is 4. The number of carbonyl (C=O) groups excluding carboxylic acids is 1. The summed E-state index contributed by atoms with van der Waals surface area (Å²) >= 11 is 1.27. The maximum absolute atomic E-state index is 11.9. The molecule has 17 heavy (non-hydrogen) atoms. The third kappa shape index (κ3) is 3.26. The van der Waals surface area contributed by atoms with Crippen LogP contribution in [0.4, 0.5) is 0 Å². The van der Waals surface area contributed by atoms with Gasteiger partial charge in [-0.1, -0.05) is 13.8 Å². The summed E-state index contributed by atoms with van der Waals surface area (Å²) in [5.41, 5.74) is 0.637. The molecule has 94 valence electrons.